The summed E-state index contributed by atoms with van der Waals surface area (Å²) in [5.41, 5.74) is 2.65. The molecule has 0 saturated heterocycles. The zero-order chi connectivity index (χ0) is 17.1. The SMILES string of the molecule is CC(=O)Oc1cccc(/C=C2\N=C(c3ccccc3C)OC2=O)c1. The summed E-state index contributed by atoms with van der Waals surface area (Å²) < 4.78 is 10.3. The van der Waals surface area contributed by atoms with Gasteiger partial charge in [0.05, 0.1) is 0 Å². The molecule has 0 spiro atoms. The van der Waals surface area contributed by atoms with E-state index in [-0.39, 0.29) is 5.70 Å². The van der Waals surface area contributed by atoms with Crippen molar-refractivity contribution >= 4 is 23.9 Å². The Morgan fingerprint density at radius 1 is 1.17 bits per heavy atom. The van der Waals surface area contributed by atoms with Gasteiger partial charge < -0.3 is 9.47 Å². The predicted octanol–water partition coefficient (Wildman–Crippen LogP) is 3.26. The second kappa shape index (κ2) is 6.50. The number of nitrogens with zero attached hydrogens (tertiary/aromatic N) is 1. The Bertz CT molecular complexity index is 880. The van der Waals surface area contributed by atoms with Gasteiger partial charge in [0.15, 0.2) is 5.70 Å². The first-order valence-electron chi connectivity index (χ1n) is 7.40. The Hall–Kier alpha value is -3.21. The number of carbonyl (C=O) groups excluding carboxylic acids is 2. The number of hydrogen-bond donors (Lipinski definition) is 0. The number of aliphatic imine (C=N–C) groups is 1. The molecule has 0 N–H and O–H groups in total. The molecule has 0 amide bonds. The molecule has 0 aromatic heterocycles. The van der Waals surface area contributed by atoms with Gasteiger partial charge in [-0.2, -0.15) is 0 Å². The molecule has 0 unspecified atom stereocenters. The van der Waals surface area contributed by atoms with Crippen molar-refractivity contribution in [1.29, 1.82) is 0 Å². The molecule has 1 heterocycles. The van der Waals surface area contributed by atoms with Crippen molar-refractivity contribution in [1.82, 2.24) is 0 Å². The molecule has 0 radical (unpaired) electrons. The predicted molar refractivity (Wildman–Crippen MR) is 89.5 cm³/mol. The van der Waals surface area contributed by atoms with Gasteiger partial charge in [-0.25, -0.2) is 9.79 Å². The molecule has 24 heavy (non-hydrogen) atoms. The van der Waals surface area contributed by atoms with Gasteiger partial charge in [-0.15, -0.1) is 0 Å². The van der Waals surface area contributed by atoms with Crippen LogP contribution in [-0.2, 0) is 14.3 Å². The first kappa shape index (κ1) is 15.7. The summed E-state index contributed by atoms with van der Waals surface area (Å²) in [4.78, 5) is 27.3. The van der Waals surface area contributed by atoms with Crippen molar-refractivity contribution in [3.63, 3.8) is 0 Å². The number of rotatable bonds is 3. The molecule has 0 bridgehead atoms. The van der Waals surface area contributed by atoms with E-state index in [0.29, 0.717) is 17.2 Å². The third kappa shape index (κ3) is 3.41. The first-order chi connectivity index (χ1) is 11.5. The molecule has 2 aromatic rings. The summed E-state index contributed by atoms with van der Waals surface area (Å²) in [6.07, 6.45) is 1.60. The van der Waals surface area contributed by atoms with Gasteiger partial charge in [0.25, 0.3) is 0 Å². The summed E-state index contributed by atoms with van der Waals surface area (Å²) in [5.74, 6) is -0.210. The van der Waals surface area contributed by atoms with Crippen LogP contribution in [0.2, 0.25) is 0 Å². The van der Waals surface area contributed by atoms with Gasteiger partial charge in [0.2, 0.25) is 5.90 Å². The van der Waals surface area contributed by atoms with Crippen molar-refractivity contribution in [2.24, 2.45) is 4.99 Å². The minimum Gasteiger partial charge on any atom is -0.427 e. The largest absolute Gasteiger partial charge is 0.427 e. The van der Waals surface area contributed by atoms with Crippen LogP contribution in [0.5, 0.6) is 5.75 Å². The number of ether oxygens (including phenoxy) is 2. The lowest BCUT2D eigenvalue weighted by atomic mass is 10.1. The fourth-order valence-electron chi connectivity index (χ4n) is 2.33. The molecule has 1 aliphatic heterocycles. The molecule has 3 rings (SSSR count). The van der Waals surface area contributed by atoms with Crippen molar-refractivity contribution < 1.29 is 19.1 Å². The highest BCUT2D eigenvalue weighted by Gasteiger charge is 2.24. The molecule has 1 aliphatic rings. The third-order valence-corrected chi connectivity index (χ3v) is 3.42. The van der Waals surface area contributed by atoms with Gasteiger partial charge in [-0.1, -0.05) is 30.3 Å². The van der Waals surface area contributed by atoms with Crippen molar-refractivity contribution in [3.05, 3.63) is 70.9 Å². The fourth-order valence-corrected chi connectivity index (χ4v) is 2.33. The maximum absolute atomic E-state index is 12.0. The first-order valence-corrected chi connectivity index (χ1v) is 7.40. The van der Waals surface area contributed by atoms with E-state index < -0.39 is 11.9 Å². The van der Waals surface area contributed by atoms with Gasteiger partial charge in [-0.05, 0) is 42.3 Å². The number of carbonyl (C=O) groups is 2. The van der Waals surface area contributed by atoms with Crippen LogP contribution in [0, 0.1) is 6.92 Å². The number of benzene rings is 2. The van der Waals surface area contributed by atoms with E-state index in [4.69, 9.17) is 9.47 Å². The van der Waals surface area contributed by atoms with Crippen LogP contribution in [0.3, 0.4) is 0 Å². The van der Waals surface area contributed by atoms with Crippen molar-refractivity contribution in [3.8, 4) is 5.75 Å². The van der Waals surface area contributed by atoms with Crippen molar-refractivity contribution in [2.75, 3.05) is 0 Å². The second-order valence-electron chi connectivity index (χ2n) is 5.32. The van der Waals surface area contributed by atoms with E-state index in [2.05, 4.69) is 4.99 Å². The fraction of sp³-hybridized carbons (Fsp3) is 0.105. The molecule has 120 valence electrons. The van der Waals surface area contributed by atoms with Crippen LogP contribution in [0.15, 0.2) is 59.2 Å². The molecular weight excluding hydrogens is 306 g/mol. The zero-order valence-corrected chi connectivity index (χ0v) is 13.3. The molecule has 5 heteroatoms. The number of esters is 2. The van der Waals surface area contributed by atoms with E-state index in [1.165, 1.54) is 6.92 Å². The summed E-state index contributed by atoms with van der Waals surface area (Å²) in [6.45, 7) is 3.26. The second-order valence-corrected chi connectivity index (χ2v) is 5.32. The van der Waals surface area contributed by atoms with Gasteiger partial charge >= 0.3 is 11.9 Å². The van der Waals surface area contributed by atoms with E-state index in [1.807, 2.05) is 31.2 Å². The zero-order valence-electron chi connectivity index (χ0n) is 13.3. The Labute approximate surface area is 139 Å². The number of cyclic esters (lactones) is 1. The lowest BCUT2D eigenvalue weighted by Gasteiger charge is -2.02. The third-order valence-electron chi connectivity index (χ3n) is 3.42. The molecule has 0 atom stereocenters. The summed E-state index contributed by atoms with van der Waals surface area (Å²) in [5, 5.41) is 0. The minimum absolute atomic E-state index is 0.202. The Balaban J connectivity index is 1.92. The average Bonchev–Trinajstić information content (AvgIpc) is 2.88. The summed E-state index contributed by atoms with van der Waals surface area (Å²) >= 11 is 0. The average molecular weight is 321 g/mol. The quantitative estimate of drug-likeness (QED) is 0.494. The number of hydrogen-bond acceptors (Lipinski definition) is 5. The van der Waals surface area contributed by atoms with E-state index in [9.17, 15) is 9.59 Å². The van der Waals surface area contributed by atoms with Crippen LogP contribution < -0.4 is 4.74 Å². The summed E-state index contributed by atoms with van der Waals surface area (Å²) in [7, 11) is 0. The minimum atomic E-state index is -0.508. The Morgan fingerprint density at radius 3 is 2.71 bits per heavy atom. The lowest BCUT2D eigenvalue weighted by molar-refractivity contribution is -0.132. The lowest BCUT2D eigenvalue weighted by Crippen LogP contribution is -2.06. The molecule has 5 nitrogen and oxygen atoms in total. The molecular formula is C19H15NO4. The van der Waals surface area contributed by atoms with E-state index >= 15 is 0 Å². The van der Waals surface area contributed by atoms with Gasteiger partial charge in [0, 0.05) is 12.5 Å². The number of aryl methyl sites for hydroxylation is 1. The monoisotopic (exact) mass is 321 g/mol. The van der Waals surface area contributed by atoms with Crippen LogP contribution in [-0.4, -0.2) is 17.8 Å². The maximum atomic E-state index is 12.0. The van der Waals surface area contributed by atoms with Crippen LogP contribution in [0.4, 0.5) is 0 Å². The standard InChI is InChI=1S/C19H15NO4/c1-12-6-3-4-9-16(12)18-20-17(19(22)24-18)11-14-7-5-8-15(10-14)23-13(2)21/h3-11H,1-2H3/b17-11-. The van der Waals surface area contributed by atoms with E-state index in [1.54, 1.807) is 30.3 Å². The Morgan fingerprint density at radius 2 is 1.96 bits per heavy atom. The van der Waals surface area contributed by atoms with Crippen LogP contribution in [0.25, 0.3) is 6.08 Å². The normalized spacial score (nSPS) is 15.2. The van der Waals surface area contributed by atoms with Gasteiger partial charge in [0.1, 0.15) is 5.75 Å². The maximum Gasteiger partial charge on any atom is 0.363 e. The highest BCUT2D eigenvalue weighted by molar-refractivity contribution is 6.13. The van der Waals surface area contributed by atoms with Crippen LogP contribution >= 0.6 is 0 Å². The van der Waals surface area contributed by atoms with Crippen molar-refractivity contribution in [2.45, 2.75) is 13.8 Å². The van der Waals surface area contributed by atoms with Gasteiger partial charge in [-0.3, -0.25) is 4.79 Å². The highest BCUT2D eigenvalue weighted by Crippen LogP contribution is 2.22. The smallest absolute Gasteiger partial charge is 0.363 e. The topological polar surface area (TPSA) is 65.0 Å². The molecule has 2 aromatic carbocycles. The van der Waals surface area contributed by atoms with Crippen LogP contribution in [0.1, 0.15) is 23.6 Å². The molecule has 0 saturated carbocycles. The Kier molecular flexibility index (Phi) is 4.24. The van der Waals surface area contributed by atoms with E-state index in [0.717, 1.165) is 11.1 Å². The molecule has 0 aliphatic carbocycles. The summed E-state index contributed by atoms with van der Waals surface area (Å²) in [6, 6.07) is 14.4. The molecule has 0 fully saturated rings. The highest BCUT2D eigenvalue weighted by atomic mass is 16.6.